The van der Waals surface area contributed by atoms with E-state index in [-0.39, 0.29) is 23.8 Å². The van der Waals surface area contributed by atoms with Crippen LogP contribution in [0, 0.1) is 5.92 Å². The van der Waals surface area contributed by atoms with Crippen molar-refractivity contribution < 1.29 is 14.3 Å². The predicted molar refractivity (Wildman–Crippen MR) is 121 cm³/mol. The summed E-state index contributed by atoms with van der Waals surface area (Å²) >= 11 is 0. The van der Waals surface area contributed by atoms with Crippen LogP contribution in [0.3, 0.4) is 0 Å². The van der Waals surface area contributed by atoms with Crippen LogP contribution in [0.2, 0.25) is 0 Å². The minimum absolute atomic E-state index is 0.0220. The number of ether oxygens (including phenoxy) is 1. The molecular formula is C26H30N2O3. The summed E-state index contributed by atoms with van der Waals surface area (Å²) in [4.78, 5) is 30.0. The van der Waals surface area contributed by atoms with Gasteiger partial charge in [0.2, 0.25) is 5.91 Å². The third-order valence-corrected chi connectivity index (χ3v) is 6.12. The van der Waals surface area contributed by atoms with Crippen LogP contribution in [0.15, 0.2) is 67.3 Å². The van der Waals surface area contributed by atoms with Gasteiger partial charge in [0.15, 0.2) is 0 Å². The van der Waals surface area contributed by atoms with Crippen molar-refractivity contribution in [2.45, 2.75) is 25.4 Å². The monoisotopic (exact) mass is 418 g/mol. The van der Waals surface area contributed by atoms with Crippen LogP contribution in [0.25, 0.3) is 11.1 Å². The number of carbonyl (C=O) groups excluding carboxylic acids is 2. The zero-order valence-corrected chi connectivity index (χ0v) is 17.9. The van der Waals surface area contributed by atoms with Crippen LogP contribution >= 0.6 is 0 Å². The van der Waals surface area contributed by atoms with Gasteiger partial charge in [-0.1, -0.05) is 60.7 Å². The molecule has 2 atom stereocenters. The summed E-state index contributed by atoms with van der Waals surface area (Å²) in [6, 6.07) is 18.6. The fraction of sp³-hybridized carbons (Fsp3) is 0.385. The molecule has 2 aliphatic rings. The average Bonchev–Trinajstić information content (AvgIpc) is 3.30. The Morgan fingerprint density at radius 3 is 2.65 bits per heavy atom. The van der Waals surface area contributed by atoms with E-state index in [0.717, 1.165) is 29.5 Å². The van der Waals surface area contributed by atoms with Crippen LogP contribution in [-0.4, -0.2) is 60.5 Å². The van der Waals surface area contributed by atoms with E-state index >= 15 is 0 Å². The molecule has 0 radical (unpaired) electrons. The van der Waals surface area contributed by atoms with Gasteiger partial charge in [-0.25, -0.2) is 0 Å². The van der Waals surface area contributed by atoms with Gasteiger partial charge in [0, 0.05) is 32.8 Å². The first-order valence-electron chi connectivity index (χ1n) is 11.1. The number of hydrogen-bond donors (Lipinski definition) is 0. The molecule has 0 aliphatic carbocycles. The summed E-state index contributed by atoms with van der Waals surface area (Å²) in [7, 11) is 0. The minimum Gasteiger partial charge on any atom is -0.368 e. The van der Waals surface area contributed by atoms with Crippen LogP contribution < -0.4 is 0 Å². The van der Waals surface area contributed by atoms with Crippen molar-refractivity contribution in [3.63, 3.8) is 0 Å². The third-order valence-electron chi connectivity index (χ3n) is 6.12. The Morgan fingerprint density at radius 1 is 1.10 bits per heavy atom. The minimum atomic E-state index is -0.358. The average molecular weight is 419 g/mol. The van der Waals surface area contributed by atoms with Crippen molar-refractivity contribution in [2.24, 2.45) is 5.92 Å². The molecule has 4 rings (SSSR count). The molecule has 2 amide bonds. The first kappa shape index (κ1) is 21.3. The van der Waals surface area contributed by atoms with E-state index in [1.807, 2.05) is 34.1 Å². The topological polar surface area (TPSA) is 49.9 Å². The lowest BCUT2D eigenvalue weighted by molar-refractivity contribution is -0.141. The molecule has 2 fully saturated rings. The Bertz CT molecular complexity index is 921. The van der Waals surface area contributed by atoms with Gasteiger partial charge in [0.1, 0.15) is 6.10 Å². The van der Waals surface area contributed by atoms with Crippen molar-refractivity contribution in [1.29, 1.82) is 0 Å². The Hall–Kier alpha value is -2.92. The first-order valence-corrected chi connectivity index (χ1v) is 11.1. The molecule has 0 aromatic heterocycles. The maximum atomic E-state index is 13.3. The van der Waals surface area contributed by atoms with Crippen LogP contribution in [0.4, 0.5) is 0 Å². The van der Waals surface area contributed by atoms with Gasteiger partial charge in [-0.15, -0.1) is 6.58 Å². The summed E-state index contributed by atoms with van der Waals surface area (Å²) in [5.74, 6) is -0.166. The van der Waals surface area contributed by atoms with Crippen LogP contribution in [0.5, 0.6) is 0 Å². The van der Waals surface area contributed by atoms with Gasteiger partial charge >= 0.3 is 0 Å². The number of nitrogens with zero attached hydrogens (tertiary/aromatic N) is 2. The van der Waals surface area contributed by atoms with E-state index in [2.05, 4.69) is 36.9 Å². The normalized spacial score (nSPS) is 21.7. The summed E-state index contributed by atoms with van der Waals surface area (Å²) < 4.78 is 5.62. The quantitative estimate of drug-likeness (QED) is 0.674. The number of amides is 2. The van der Waals surface area contributed by atoms with Crippen molar-refractivity contribution in [3.8, 4) is 11.1 Å². The number of benzene rings is 2. The second kappa shape index (κ2) is 9.92. The molecule has 5 nitrogen and oxygen atoms in total. The molecule has 31 heavy (non-hydrogen) atoms. The van der Waals surface area contributed by atoms with Gasteiger partial charge in [-0.2, -0.15) is 0 Å². The molecule has 0 saturated carbocycles. The molecule has 0 unspecified atom stereocenters. The second-order valence-corrected chi connectivity index (χ2v) is 8.33. The van der Waals surface area contributed by atoms with Gasteiger partial charge in [0.25, 0.3) is 5.91 Å². The maximum absolute atomic E-state index is 13.3. The highest BCUT2D eigenvalue weighted by Gasteiger charge is 2.35. The smallest absolute Gasteiger partial charge is 0.251 e. The largest absolute Gasteiger partial charge is 0.368 e. The molecule has 2 aromatic carbocycles. The zero-order valence-electron chi connectivity index (χ0n) is 17.9. The van der Waals surface area contributed by atoms with E-state index in [1.165, 1.54) is 0 Å². The molecule has 2 aromatic rings. The van der Waals surface area contributed by atoms with E-state index in [9.17, 15) is 9.59 Å². The highest BCUT2D eigenvalue weighted by molar-refractivity contribution is 5.84. The summed E-state index contributed by atoms with van der Waals surface area (Å²) in [5.41, 5.74) is 3.39. The third kappa shape index (κ3) is 5.05. The lowest BCUT2D eigenvalue weighted by atomic mass is 9.94. The van der Waals surface area contributed by atoms with Crippen molar-refractivity contribution in [2.75, 3.05) is 32.8 Å². The summed E-state index contributed by atoms with van der Waals surface area (Å²) in [6.45, 7) is 6.44. The van der Waals surface area contributed by atoms with Gasteiger partial charge in [-0.05, 0) is 36.0 Å². The van der Waals surface area contributed by atoms with Crippen molar-refractivity contribution in [3.05, 3.63) is 72.8 Å². The Kier molecular flexibility index (Phi) is 6.82. The fourth-order valence-electron chi connectivity index (χ4n) is 4.50. The Morgan fingerprint density at radius 2 is 1.90 bits per heavy atom. The lowest BCUT2D eigenvalue weighted by Gasteiger charge is -2.25. The molecule has 2 saturated heterocycles. The fourth-order valence-corrected chi connectivity index (χ4v) is 4.50. The molecular weight excluding hydrogens is 388 g/mol. The molecule has 0 spiro atoms. The standard InChI is InChI=1S/C26H30N2O3/c1-2-13-27-14-15-28(26(30)24-12-7-16-31-24)19-23(25(27)29)18-20-8-6-11-22(17-20)21-9-4-3-5-10-21/h2-6,8-11,17,23-24H,1,7,12-16,18-19H2/t23-,24+/m1/s1. The highest BCUT2D eigenvalue weighted by atomic mass is 16.5. The van der Waals surface area contributed by atoms with E-state index < -0.39 is 0 Å². The Labute approximate surface area is 184 Å². The molecule has 0 bridgehead atoms. The Balaban J connectivity index is 1.55. The van der Waals surface area contributed by atoms with Gasteiger partial charge in [0.05, 0.1) is 5.92 Å². The van der Waals surface area contributed by atoms with Crippen molar-refractivity contribution >= 4 is 11.8 Å². The number of rotatable bonds is 6. The predicted octanol–water partition coefficient (Wildman–Crippen LogP) is 3.55. The van der Waals surface area contributed by atoms with Crippen LogP contribution in [-0.2, 0) is 20.7 Å². The summed E-state index contributed by atoms with van der Waals surface area (Å²) in [5, 5.41) is 0. The van der Waals surface area contributed by atoms with E-state index in [0.29, 0.717) is 39.2 Å². The number of hydrogen-bond acceptors (Lipinski definition) is 3. The van der Waals surface area contributed by atoms with Gasteiger partial charge < -0.3 is 14.5 Å². The lowest BCUT2D eigenvalue weighted by Crippen LogP contribution is -2.42. The SMILES string of the molecule is C=CCN1CCN(C(=O)[C@@H]2CCCO2)C[C@@H](Cc2cccc(-c3ccccc3)c2)C1=O. The second-order valence-electron chi connectivity index (χ2n) is 8.33. The molecule has 5 heteroatoms. The van der Waals surface area contributed by atoms with Gasteiger partial charge in [-0.3, -0.25) is 9.59 Å². The van der Waals surface area contributed by atoms with Crippen molar-refractivity contribution in [1.82, 2.24) is 9.80 Å². The number of carbonyl (C=O) groups is 2. The molecule has 0 N–H and O–H groups in total. The maximum Gasteiger partial charge on any atom is 0.251 e. The zero-order chi connectivity index (χ0) is 21.6. The molecule has 162 valence electrons. The van der Waals surface area contributed by atoms with E-state index in [4.69, 9.17) is 4.74 Å². The first-order chi connectivity index (χ1) is 15.2. The van der Waals surface area contributed by atoms with Crippen LogP contribution in [0.1, 0.15) is 18.4 Å². The molecule has 2 heterocycles. The highest BCUT2D eigenvalue weighted by Crippen LogP contribution is 2.24. The summed E-state index contributed by atoms with van der Waals surface area (Å²) in [6.07, 6.45) is 3.68. The molecule has 2 aliphatic heterocycles. The van der Waals surface area contributed by atoms with E-state index in [1.54, 1.807) is 6.08 Å².